The molecule has 0 aliphatic carbocycles. The molecule has 3 nitrogen and oxygen atoms in total. The van der Waals surface area contributed by atoms with E-state index in [1.54, 1.807) is 7.11 Å². The summed E-state index contributed by atoms with van der Waals surface area (Å²) in [5.74, 6) is 0.361. The van der Waals surface area contributed by atoms with Crippen molar-refractivity contribution in [1.82, 2.24) is 0 Å². The number of hydrogen-bond acceptors (Lipinski definition) is 4. The Kier molecular flexibility index (Phi) is 3.78. The number of benzene rings is 1. The Bertz CT molecular complexity index is 589. The van der Waals surface area contributed by atoms with Gasteiger partial charge in [0.1, 0.15) is 10.6 Å². The molecule has 0 amide bonds. The van der Waals surface area contributed by atoms with Crippen LogP contribution in [0, 0.1) is 0 Å². The lowest BCUT2D eigenvalue weighted by molar-refractivity contribution is 0.0384. The summed E-state index contributed by atoms with van der Waals surface area (Å²) in [4.78, 5) is 12.3. The third-order valence-corrected chi connectivity index (χ3v) is 4.00. The zero-order chi connectivity index (χ0) is 13.3. The SMILES string of the molecule is COc1ccc2c(Cl)c(C(=O)OC(C)C)sc2c1. The van der Waals surface area contributed by atoms with Gasteiger partial charge < -0.3 is 9.47 Å². The van der Waals surface area contributed by atoms with Gasteiger partial charge in [0.2, 0.25) is 0 Å². The molecule has 0 aliphatic rings. The summed E-state index contributed by atoms with van der Waals surface area (Å²) < 4.78 is 11.2. The van der Waals surface area contributed by atoms with Crippen molar-refractivity contribution >= 4 is 39.0 Å². The second-order valence-corrected chi connectivity index (χ2v) is 5.49. The monoisotopic (exact) mass is 284 g/mol. The van der Waals surface area contributed by atoms with E-state index in [0.29, 0.717) is 9.90 Å². The van der Waals surface area contributed by atoms with E-state index < -0.39 is 0 Å². The lowest BCUT2D eigenvalue weighted by Gasteiger charge is -2.05. The van der Waals surface area contributed by atoms with Gasteiger partial charge in [0.15, 0.2) is 0 Å². The van der Waals surface area contributed by atoms with Gasteiger partial charge in [-0.3, -0.25) is 0 Å². The largest absolute Gasteiger partial charge is 0.497 e. The van der Waals surface area contributed by atoms with Gasteiger partial charge in [0.05, 0.1) is 18.2 Å². The van der Waals surface area contributed by atoms with Crippen LogP contribution in [0.1, 0.15) is 23.5 Å². The van der Waals surface area contributed by atoms with Crippen molar-refractivity contribution in [1.29, 1.82) is 0 Å². The van der Waals surface area contributed by atoms with Crippen LogP contribution >= 0.6 is 22.9 Å². The van der Waals surface area contributed by atoms with Gasteiger partial charge in [-0.05, 0) is 32.0 Å². The third-order valence-electron chi connectivity index (χ3n) is 2.36. The van der Waals surface area contributed by atoms with Gasteiger partial charge in [0.25, 0.3) is 0 Å². The molecule has 1 aromatic carbocycles. The number of carbonyl (C=O) groups is 1. The summed E-state index contributed by atoms with van der Waals surface area (Å²) in [5.41, 5.74) is 0. The molecule has 18 heavy (non-hydrogen) atoms. The number of halogens is 1. The maximum absolute atomic E-state index is 11.9. The summed E-state index contributed by atoms with van der Waals surface area (Å²) in [6, 6.07) is 5.52. The van der Waals surface area contributed by atoms with Crippen molar-refractivity contribution in [2.24, 2.45) is 0 Å². The van der Waals surface area contributed by atoms with Crippen molar-refractivity contribution in [2.45, 2.75) is 20.0 Å². The van der Waals surface area contributed by atoms with Crippen LogP contribution in [-0.2, 0) is 4.74 Å². The highest BCUT2D eigenvalue weighted by molar-refractivity contribution is 7.21. The Labute approximate surface area is 114 Å². The second kappa shape index (κ2) is 5.16. The molecule has 96 valence electrons. The lowest BCUT2D eigenvalue weighted by atomic mass is 10.2. The summed E-state index contributed by atoms with van der Waals surface area (Å²) in [7, 11) is 1.60. The molecule has 0 saturated heterocycles. The molecule has 2 rings (SSSR count). The molecule has 0 atom stereocenters. The van der Waals surface area contributed by atoms with Crippen LogP contribution in [0.5, 0.6) is 5.75 Å². The number of carbonyl (C=O) groups excluding carboxylic acids is 1. The van der Waals surface area contributed by atoms with Crippen LogP contribution in [0.4, 0.5) is 0 Å². The van der Waals surface area contributed by atoms with Gasteiger partial charge in [-0.15, -0.1) is 11.3 Å². The van der Waals surface area contributed by atoms with Gasteiger partial charge in [-0.25, -0.2) is 4.79 Å². The van der Waals surface area contributed by atoms with E-state index in [1.807, 2.05) is 32.0 Å². The highest BCUT2D eigenvalue weighted by atomic mass is 35.5. The Balaban J connectivity index is 2.46. The number of fused-ring (bicyclic) bond motifs is 1. The molecule has 1 heterocycles. The Hall–Kier alpha value is -1.26. The van der Waals surface area contributed by atoms with Gasteiger partial charge >= 0.3 is 5.97 Å². The number of thiophene rings is 1. The quantitative estimate of drug-likeness (QED) is 0.795. The highest BCUT2D eigenvalue weighted by Gasteiger charge is 2.19. The molecule has 2 aromatic rings. The van der Waals surface area contributed by atoms with Crippen LogP contribution in [0.15, 0.2) is 18.2 Å². The fourth-order valence-electron chi connectivity index (χ4n) is 1.57. The molecule has 0 aliphatic heterocycles. The van der Waals surface area contributed by atoms with E-state index in [4.69, 9.17) is 21.1 Å². The smallest absolute Gasteiger partial charge is 0.350 e. The third kappa shape index (κ3) is 2.44. The number of hydrogen-bond donors (Lipinski definition) is 0. The molecule has 5 heteroatoms. The molecule has 0 fully saturated rings. The molecule has 0 spiro atoms. The molecule has 1 aromatic heterocycles. The first-order chi connectivity index (χ1) is 8.52. The van der Waals surface area contributed by atoms with Crippen LogP contribution in [-0.4, -0.2) is 19.2 Å². The summed E-state index contributed by atoms with van der Waals surface area (Å²) in [6.07, 6.45) is -0.159. The topological polar surface area (TPSA) is 35.5 Å². The molecule has 0 bridgehead atoms. The minimum absolute atomic E-state index is 0.159. The summed E-state index contributed by atoms with van der Waals surface area (Å²) in [6.45, 7) is 3.62. The van der Waals surface area contributed by atoms with Crippen molar-refractivity contribution in [3.05, 3.63) is 28.1 Å². The van der Waals surface area contributed by atoms with Crippen molar-refractivity contribution in [3.8, 4) is 5.75 Å². The predicted molar refractivity (Wildman–Crippen MR) is 73.9 cm³/mol. The fraction of sp³-hybridized carbons (Fsp3) is 0.308. The van der Waals surface area contributed by atoms with Crippen LogP contribution in [0.2, 0.25) is 5.02 Å². The summed E-state index contributed by atoms with van der Waals surface area (Å²) in [5, 5.41) is 1.29. The van der Waals surface area contributed by atoms with Crippen LogP contribution < -0.4 is 4.74 Å². The molecule has 0 radical (unpaired) electrons. The van der Waals surface area contributed by atoms with Gasteiger partial charge in [0, 0.05) is 10.1 Å². The zero-order valence-corrected chi connectivity index (χ0v) is 11.9. The van der Waals surface area contributed by atoms with E-state index in [9.17, 15) is 4.79 Å². The fourth-order valence-corrected chi connectivity index (χ4v) is 2.99. The summed E-state index contributed by atoms with van der Waals surface area (Å²) >= 11 is 7.52. The van der Waals surface area contributed by atoms with Gasteiger partial charge in [-0.2, -0.15) is 0 Å². The van der Waals surface area contributed by atoms with E-state index in [0.717, 1.165) is 15.8 Å². The van der Waals surface area contributed by atoms with E-state index in [-0.39, 0.29) is 12.1 Å². The molecular weight excluding hydrogens is 272 g/mol. The standard InChI is InChI=1S/C13H13ClO3S/c1-7(2)17-13(15)12-11(14)9-5-4-8(16-3)6-10(9)18-12/h4-7H,1-3H3. The average molecular weight is 285 g/mol. The second-order valence-electron chi connectivity index (χ2n) is 4.06. The zero-order valence-electron chi connectivity index (χ0n) is 10.3. The van der Waals surface area contributed by atoms with Crippen LogP contribution in [0.25, 0.3) is 10.1 Å². The normalized spacial score (nSPS) is 10.9. The first-order valence-electron chi connectivity index (χ1n) is 5.50. The number of methoxy groups -OCH3 is 1. The minimum atomic E-state index is -0.379. The van der Waals surface area contributed by atoms with Crippen LogP contribution in [0.3, 0.4) is 0 Å². The van der Waals surface area contributed by atoms with E-state index in [1.165, 1.54) is 11.3 Å². The molecular formula is C13H13ClO3S. The molecule has 0 unspecified atom stereocenters. The number of esters is 1. The van der Waals surface area contributed by atoms with Gasteiger partial charge in [-0.1, -0.05) is 11.6 Å². The number of rotatable bonds is 3. The van der Waals surface area contributed by atoms with Crippen molar-refractivity contribution in [3.63, 3.8) is 0 Å². The lowest BCUT2D eigenvalue weighted by Crippen LogP contribution is -2.10. The Morgan fingerprint density at radius 3 is 2.72 bits per heavy atom. The number of ether oxygens (including phenoxy) is 2. The average Bonchev–Trinajstić information content (AvgIpc) is 2.65. The van der Waals surface area contributed by atoms with E-state index >= 15 is 0 Å². The molecule has 0 N–H and O–H groups in total. The Morgan fingerprint density at radius 1 is 1.39 bits per heavy atom. The maximum Gasteiger partial charge on any atom is 0.350 e. The van der Waals surface area contributed by atoms with E-state index in [2.05, 4.69) is 0 Å². The predicted octanol–water partition coefficient (Wildman–Crippen LogP) is 4.13. The highest BCUT2D eigenvalue weighted by Crippen LogP contribution is 2.37. The first kappa shape index (κ1) is 13.2. The van der Waals surface area contributed by atoms with Crippen molar-refractivity contribution in [2.75, 3.05) is 7.11 Å². The van der Waals surface area contributed by atoms with Crippen molar-refractivity contribution < 1.29 is 14.3 Å². The maximum atomic E-state index is 11.9. The first-order valence-corrected chi connectivity index (χ1v) is 6.69. The minimum Gasteiger partial charge on any atom is -0.497 e. The molecule has 0 saturated carbocycles. The Morgan fingerprint density at radius 2 is 2.11 bits per heavy atom.